The van der Waals surface area contributed by atoms with E-state index in [0.29, 0.717) is 23.1 Å². The second-order valence-corrected chi connectivity index (χ2v) is 9.47. The SMILES string of the molecule is COc1ccc(CC(=O)N(Cc2ccc(Cl)cc2)C(C(=O)NCc2ccccc2)c2ccccc2)cc1OC. The molecule has 1 atom stereocenters. The Morgan fingerprint density at radius 2 is 1.38 bits per heavy atom. The summed E-state index contributed by atoms with van der Waals surface area (Å²) in [7, 11) is 3.12. The van der Waals surface area contributed by atoms with Crippen LogP contribution in [0.25, 0.3) is 0 Å². The molecule has 4 aromatic carbocycles. The van der Waals surface area contributed by atoms with Crippen LogP contribution in [0, 0.1) is 0 Å². The van der Waals surface area contributed by atoms with Crippen LogP contribution < -0.4 is 14.8 Å². The zero-order valence-electron chi connectivity index (χ0n) is 22.0. The van der Waals surface area contributed by atoms with Crippen molar-refractivity contribution in [3.05, 3.63) is 130 Å². The van der Waals surface area contributed by atoms with E-state index >= 15 is 0 Å². The number of benzene rings is 4. The number of hydrogen-bond acceptors (Lipinski definition) is 4. The monoisotopic (exact) mass is 542 g/mol. The van der Waals surface area contributed by atoms with Crippen LogP contribution >= 0.6 is 11.6 Å². The number of rotatable bonds is 11. The minimum Gasteiger partial charge on any atom is -0.493 e. The van der Waals surface area contributed by atoms with E-state index in [1.807, 2.05) is 78.9 Å². The second-order valence-electron chi connectivity index (χ2n) is 9.03. The summed E-state index contributed by atoms with van der Waals surface area (Å²) in [6.45, 7) is 0.573. The first kappa shape index (κ1) is 27.7. The van der Waals surface area contributed by atoms with Crippen LogP contribution in [0.2, 0.25) is 5.02 Å². The number of nitrogens with zero attached hydrogens (tertiary/aromatic N) is 1. The van der Waals surface area contributed by atoms with Gasteiger partial charge in [0.15, 0.2) is 11.5 Å². The van der Waals surface area contributed by atoms with Gasteiger partial charge in [0, 0.05) is 18.1 Å². The molecule has 0 saturated heterocycles. The third-order valence-electron chi connectivity index (χ3n) is 6.37. The normalized spacial score (nSPS) is 11.4. The Hall–Kier alpha value is -4.29. The van der Waals surface area contributed by atoms with Crippen molar-refractivity contribution >= 4 is 23.4 Å². The number of hydrogen-bond donors (Lipinski definition) is 1. The van der Waals surface area contributed by atoms with E-state index in [4.69, 9.17) is 21.1 Å². The van der Waals surface area contributed by atoms with Gasteiger partial charge in [-0.25, -0.2) is 0 Å². The maximum Gasteiger partial charge on any atom is 0.247 e. The van der Waals surface area contributed by atoms with Gasteiger partial charge in [-0.3, -0.25) is 9.59 Å². The van der Waals surface area contributed by atoms with Crippen molar-refractivity contribution in [3.8, 4) is 11.5 Å². The highest BCUT2D eigenvalue weighted by Gasteiger charge is 2.31. The molecular weight excluding hydrogens is 512 g/mol. The molecule has 0 aliphatic rings. The maximum absolute atomic E-state index is 14.0. The van der Waals surface area contributed by atoms with Crippen molar-refractivity contribution in [3.63, 3.8) is 0 Å². The van der Waals surface area contributed by atoms with Gasteiger partial charge in [-0.05, 0) is 46.5 Å². The van der Waals surface area contributed by atoms with Crippen LogP contribution in [-0.4, -0.2) is 30.9 Å². The molecule has 7 heteroatoms. The van der Waals surface area contributed by atoms with Crippen molar-refractivity contribution in [1.29, 1.82) is 0 Å². The second kappa shape index (κ2) is 13.5. The van der Waals surface area contributed by atoms with E-state index in [2.05, 4.69) is 5.32 Å². The van der Waals surface area contributed by atoms with Gasteiger partial charge in [0.25, 0.3) is 0 Å². The van der Waals surface area contributed by atoms with E-state index in [0.717, 1.165) is 22.3 Å². The summed E-state index contributed by atoms with van der Waals surface area (Å²) in [6.07, 6.45) is 0.0727. The van der Waals surface area contributed by atoms with E-state index < -0.39 is 6.04 Å². The highest BCUT2D eigenvalue weighted by molar-refractivity contribution is 6.30. The topological polar surface area (TPSA) is 67.9 Å². The Morgan fingerprint density at radius 1 is 0.769 bits per heavy atom. The van der Waals surface area contributed by atoms with Crippen molar-refractivity contribution < 1.29 is 19.1 Å². The van der Waals surface area contributed by atoms with Gasteiger partial charge in [0.1, 0.15) is 6.04 Å². The Bertz CT molecular complexity index is 1380. The summed E-state index contributed by atoms with van der Waals surface area (Å²) >= 11 is 6.11. The molecule has 0 bridgehead atoms. The summed E-state index contributed by atoms with van der Waals surface area (Å²) < 4.78 is 10.8. The van der Waals surface area contributed by atoms with Gasteiger partial charge >= 0.3 is 0 Å². The Balaban J connectivity index is 1.68. The number of nitrogens with one attached hydrogen (secondary N) is 1. The third-order valence-corrected chi connectivity index (χ3v) is 6.63. The van der Waals surface area contributed by atoms with Crippen LogP contribution in [0.15, 0.2) is 103 Å². The smallest absolute Gasteiger partial charge is 0.247 e. The number of halogens is 1. The first-order chi connectivity index (χ1) is 19.0. The molecule has 4 aromatic rings. The predicted octanol–water partition coefficient (Wildman–Crippen LogP) is 5.99. The van der Waals surface area contributed by atoms with Gasteiger partial charge in [0.05, 0.1) is 20.6 Å². The van der Waals surface area contributed by atoms with Crippen LogP contribution in [0.5, 0.6) is 11.5 Å². The largest absolute Gasteiger partial charge is 0.493 e. The Labute approximate surface area is 234 Å². The first-order valence-corrected chi connectivity index (χ1v) is 13.0. The summed E-state index contributed by atoms with van der Waals surface area (Å²) in [4.78, 5) is 29.4. The predicted molar refractivity (Wildman–Crippen MR) is 153 cm³/mol. The molecular formula is C32H31ClN2O4. The molecule has 1 unspecified atom stereocenters. The Kier molecular flexibility index (Phi) is 9.59. The van der Waals surface area contributed by atoms with E-state index in [-0.39, 0.29) is 24.8 Å². The summed E-state index contributed by atoms with van der Waals surface area (Å²) in [5.41, 5.74) is 3.29. The number of methoxy groups -OCH3 is 2. The van der Waals surface area contributed by atoms with Crippen molar-refractivity contribution in [2.45, 2.75) is 25.6 Å². The third kappa shape index (κ3) is 7.39. The van der Waals surface area contributed by atoms with Gasteiger partial charge < -0.3 is 19.7 Å². The molecule has 2 amide bonds. The molecule has 6 nitrogen and oxygen atoms in total. The number of carbonyl (C=O) groups is 2. The molecule has 0 fully saturated rings. The standard InChI is InChI=1S/C32H31ClN2O4/c1-38-28-18-15-25(19-29(28)39-2)20-30(36)35(22-24-13-16-27(33)17-14-24)31(26-11-7-4-8-12-26)32(37)34-21-23-9-5-3-6-10-23/h3-19,31H,20-22H2,1-2H3,(H,34,37). The van der Waals surface area contributed by atoms with Crippen molar-refractivity contribution in [2.75, 3.05) is 14.2 Å². The lowest BCUT2D eigenvalue weighted by Gasteiger charge is -2.32. The highest BCUT2D eigenvalue weighted by atomic mass is 35.5. The molecule has 0 saturated carbocycles. The summed E-state index contributed by atoms with van der Waals surface area (Å²) in [5, 5.41) is 3.63. The minimum atomic E-state index is -0.849. The quantitative estimate of drug-likeness (QED) is 0.253. The van der Waals surface area contributed by atoms with E-state index in [9.17, 15) is 9.59 Å². The zero-order valence-corrected chi connectivity index (χ0v) is 22.7. The van der Waals surface area contributed by atoms with Gasteiger partial charge in [-0.1, -0.05) is 90.5 Å². The minimum absolute atomic E-state index is 0.0727. The average Bonchev–Trinajstić information content (AvgIpc) is 2.97. The lowest BCUT2D eigenvalue weighted by atomic mass is 10.0. The molecule has 0 heterocycles. The van der Waals surface area contributed by atoms with Crippen molar-refractivity contribution in [2.24, 2.45) is 0 Å². The van der Waals surface area contributed by atoms with Gasteiger partial charge in [-0.2, -0.15) is 0 Å². The maximum atomic E-state index is 14.0. The van der Waals surface area contributed by atoms with E-state index in [1.54, 1.807) is 43.4 Å². The number of amides is 2. The average molecular weight is 543 g/mol. The highest BCUT2D eigenvalue weighted by Crippen LogP contribution is 2.29. The van der Waals surface area contributed by atoms with Crippen LogP contribution in [0.3, 0.4) is 0 Å². The van der Waals surface area contributed by atoms with Gasteiger partial charge in [0.2, 0.25) is 11.8 Å². The fourth-order valence-corrected chi connectivity index (χ4v) is 4.49. The zero-order chi connectivity index (χ0) is 27.6. The van der Waals surface area contributed by atoms with Crippen LogP contribution in [0.1, 0.15) is 28.3 Å². The van der Waals surface area contributed by atoms with Crippen LogP contribution in [-0.2, 0) is 29.1 Å². The lowest BCUT2D eigenvalue weighted by molar-refractivity contribution is -0.141. The molecule has 39 heavy (non-hydrogen) atoms. The molecule has 1 N–H and O–H groups in total. The molecule has 0 radical (unpaired) electrons. The lowest BCUT2D eigenvalue weighted by Crippen LogP contribution is -2.43. The molecule has 200 valence electrons. The number of ether oxygens (including phenoxy) is 2. The molecule has 0 aromatic heterocycles. The molecule has 4 rings (SSSR count). The molecule has 0 spiro atoms. The van der Waals surface area contributed by atoms with Crippen molar-refractivity contribution in [1.82, 2.24) is 10.2 Å². The molecule has 0 aliphatic heterocycles. The fourth-order valence-electron chi connectivity index (χ4n) is 4.37. The fraction of sp³-hybridized carbons (Fsp3) is 0.188. The number of carbonyl (C=O) groups excluding carboxylic acids is 2. The summed E-state index contributed by atoms with van der Waals surface area (Å²) in [6, 6.07) is 30.8. The summed E-state index contributed by atoms with van der Waals surface area (Å²) in [5.74, 6) is 0.641. The first-order valence-electron chi connectivity index (χ1n) is 12.6. The Morgan fingerprint density at radius 3 is 2.03 bits per heavy atom. The van der Waals surface area contributed by atoms with Gasteiger partial charge in [-0.15, -0.1) is 0 Å². The molecule has 0 aliphatic carbocycles. The van der Waals surface area contributed by atoms with E-state index in [1.165, 1.54) is 0 Å². The van der Waals surface area contributed by atoms with Crippen LogP contribution in [0.4, 0.5) is 0 Å².